The lowest BCUT2D eigenvalue weighted by Crippen LogP contribution is -2.04. The number of fused-ring (bicyclic) bond motifs is 9. The first kappa shape index (κ1) is 45.2. The Hall–Kier alpha value is -11.2. The van der Waals surface area contributed by atoms with E-state index in [9.17, 15) is 10.5 Å². The summed E-state index contributed by atoms with van der Waals surface area (Å²) < 4.78 is 7.12. The quantitative estimate of drug-likeness (QED) is 0.151. The van der Waals surface area contributed by atoms with Crippen molar-refractivity contribution in [3.05, 3.63) is 266 Å². The van der Waals surface area contributed by atoms with Gasteiger partial charge >= 0.3 is 0 Å². The number of aromatic nitrogens is 6. The molecule has 0 saturated heterocycles. The molecule has 0 aliphatic carbocycles. The molecule has 79 heavy (non-hydrogen) atoms. The Morgan fingerprint density at radius 3 is 1.00 bits per heavy atom. The van der Waals surface area contributed by atoms with Crippen LogP contribution in [0, 0.1) is 22.7 Å². The molecule has 0 radical (unpaired) electrons. The molecule has 15 rings (SSSR count). The van der Waals surface area contributed by atoms with Crippen LogP contribution < -0.4 is 0 Å². The molecule has 11 aromatic carbocycles. The highest BCUT2D eigenvalue weighted by molar-refractivity contribution is 6.15. The Balaban J connectivity index is 1.08. The van der Waals surface area contributed by atoms with Gasteiger partial charge in [-0.3, -0.25) is 0 Å². The molecule has 0 aliphatic rings. The van der Waals surface area contributed by atoms with Gasteiger partial charge in [0.1, 0.15) is 0 Å². The molecule has 0 spiro atoms. The third-order valence-corrected chi connectivity index (χ3v) is 15.3. The lowest BCUT2D eigenvalue weighted by Gasteiger charge is -2.21. The van der Waals surface area contributed by atoms with Gasteiger partial charge in [0.05, 0.1) is 62.1 Å². The van der Waals surface area contributed by atoms with Gasteiger partial charge in [0, 0.05) is 71.5 Å². The van der Waals surface area contributed by atoms with Gasteiger partial charge in [-0.25, -0.2) is 15.0 Å². The largest absolute Gasteiger partial charge is 0.309 e. The molecule has 0 N–H and O–H groups in total. The average molecular weight is 1010 g/mol. The lowest BCUT2D eigenvalue weighted by atomic mass is 9.91. The summed E-state index contributed by atoms with van der Waals surface area (Å²) in [6, 6.07) is 92.8. The van der Waals surface area contributed by atoms with Gasteiger partial charge in [-0.1, -0.05) is 158 Å². The zero-order chi connectivity index (χ0) is 52.6. The minimum Gasteiger partial charge on any atom is -0.309 e. The second kappa shape index (κ2) is 18.3. The molecule has 0 bridgehead atoms. The predicted molar refractivity (Wildman–Crippen MR) is 319 cm³/mol. The molecule has 0 aliphatic heterocycles. The van der Waals surface area contributed by atoms with Crippen molar-refractivity contribution in [1.29, 1.82) is 10.5 Å². The van der Waals surface area contributed by atoms with E-state index >= 15 is 0 Å². The van der Waals surface area contributed by atoms with E-state index in [0.717, 1.165) is 99.9 Å². The fourth-order valence-corrected chi connectivity index (χ4v) is 11.8. The van der Waals surface area contributed by atoms with Crippen LogP contribution in [0.2, 0.25) is 0 Å². The van der Waals surface area contributed by atoms with E-state index in [1.54, 1.807) is 0 Å². The molecule has 4 heterocycles. The van der Waals surface area contributed by atoms with E-state index in [1.165, 1.54) is 21.5 Å². The summed E-state index contributed by atoms with van der Waals surface area (Å²) in [7, 11) is 0. The van der Waals surface area contributed by atoms with E-state index in [-0.39, 0.29) is 0 Å². The fourth-order valence-electron chi connectivity index (χ4n) is 11.8. The van der Waals surface area contributed by atoms with Gasteiger partial charge in [-0.15, -0.1) is 0 Å². The van der Waals surface area contributed by atoms with Crippen molar-refractivity contribution in [3.63, 3.8) is 0 Å². The number of rotatable bonds is 8. The van der Waals surface area contributed by atoms with E-state index in [1.807, 2.05) is 97.1 Å². The van der Waals surface area contributed by atoms with Crippen LogP contribution in [-0.4, -0.2) is 28.7 Å². The molecule has 0 saturated carbocycles. The maximum Gasteiger partial charge on any atom is 0.164 e. The summed E-state index contributed by atoms with van der Waals surface area (Å²) >= 11 is 0. The van der Waals surface area contributed by atoms with E-state index in [2.05, 4.69) is 184 Å². The van der Waals surface area contributed by atoms with Gasteiger partial charge in [-0.2, -0.15) is 10.5 Å². The van der Waals surface area contributed by atoms with Crippen LogP contribution >= 0.6 is 0 Å². The number of benzene rings is 11. The van der Waals surface area contributed by atoms with Crippen molar-refractivity contribution in [2.24, 2.45) is 0 Å². The van der Waals surface area contributed by atoms with Crippen LogP contribution in [0.4, 0.5) is 0 Å². The van der Waals surface area contributed by atoms with Crippen LogP contribution in [0.1, 0.15) is 11.1 Å². The first-order valence-corrected chi connectivity index (χ1v) is 26.2. The Labute approximate surface area is 453 Å². The minimum absolute atomic E-state index is 0.475. The van der Waals surface area contributed by atoms with Crippen molar-refractivity contribution in [2.75, 3.05) is 0 Å². The van der Waals surface area contributed by atoms with Crippen molar-refractivity contribution >= 4 is 65.4 Å². The van der Waals surface area contributed by atoms with Gasteiger partial charge < -0.3 is 13.7 Å². The summed E-state index contributed by atoms with van der Waals surface area (Å²) in [6.45, 7) is 0. The fraction of sp³-hybridized carbons (Fsp3) is 0. The van der Waals surface area contributed by atoms with Gasteiger partial charge in [0.15, 0.2) is 17.5 Å². The van der Waals surface area contributed by atoms with E-state index in [0.29, 0.717) is 28.6 Å². The smallest absolute Gasteiger partial charge is 0.164 e. The van der Waals surface area contributed by atoms with E-state index < -0.39 is 0 Å². The summed E-state index contributed by atoms with van der Waals surface area (Å²) in [5.74, 6) is 1.55. The molecule has 0 unspecified atom stereocenters. The highest BCUT2D eigenvalue weighted by Crippen LogP contribution is 2.46. The SMILES string of the molecule is N#Cc1cccc(-c2cc(-c3nc(-c4ccccc4)nc(-c4ccccc4)n3)cc(-c3cccc(C#N)c3)c2-n2c3ccc(-n4c5ccccc5c5ccccc54)cc3c3cc(-n4c5ccccc5c5ccccc54)ccc32)c1. The minimum atomic E-state index is 0.475. The highest BCUT2D eigenvalue weighted by atomic mass is 15.0. The van der Waals surface area contributed by atoms with Crippen molar-refractivity contribution in [2.45, 2.75) is 0 Å². The molecule has 0 amide bonds. The number of para-hydroxylation sites is 4. The van der Waals surface area contributed by atoms with Crippen LogP contribution in [0.15, 0.2) is 255 Å². The van der Waals surface area contributed by atoms with Crippen molar-refractivity contribution < 1.29 is 0 Å². The summed E-state index contributed by atoms with van der Waals surface area (Å²) in [6.07, 6.45) is 0. The standard InChI is InChI=1S/C71H42N8/c72-43-45-17-15-23-49(37-45)58-39-51(71-75-69(47-19-3-1-4-20-47)74-70(76-71)48-21-5-2-6-22-48)40-59(50-24-16-18-46(38-50)44-73)68(58)79-66-35-33-52(77-62-29-11-7-25-54(62)55-26-8-12-30-63(55)77)41-60(66)61-42-53(34-36-67(61)79)78-64-31-13-9-27-56(64)57-28-10-14-32-65(57)78/h1-42H. The average Bonchev–Trinajstić information content (AvgIpc) is 4.21. The first-order valence-electron chi connectivity index (χ1n) is 26.2. The monoisotopic (exact) mass is 1010 g/mol. The Bertz CT molecular complexity index is 4640. The molecule has 0 fully saturated rings. The van der Waals surface area contributed by atoms with Gasteiger partial charge in [0.25, 0.3) is 0 Å². The van der Waals surface area contributed by atoms with Crippen LogP contribution in [0.3, 0.4) is 0 Å². The number of hydrogen-bond acceptors (Lipinski definition) is 5. The molecule has 8 nitrogen and oxygen atoms in total. The number of hydrogen-bond donors (Lipinski definition) is 0. The Kier molecular flexibility index (Phi) is 10.5. The molecule has 366 valence electrons. The molecular formula is C71H42N8. The maximum absolute atomic E-state index is 10.5. The normalized spacial score (nSPS) is 11.5. The number of nitriles is 2. The Morgan fingerprint density at radius 2 is 0.608 bits per heavy atom. The Morgan fingerprint density at radius 1 is 0.266 bits per heavy atom. The summed E-state index contributed by atoms with van der Waals surface area (Å²) in [5.41, 5.74) is 16.2. The first-order chi connectivity index (χ1) is 39.1. The summed E-state index contributed by atoms with van der Waals surface area (Å²) in [4.78, 5) is 15.5. The molecule has 4 aromatic heterocycles. The topological polar surface area (TPSA) is 101 Å². The van der Waals surface area contributed by atoms with Crippen LogP contribution in [0.5, 0.6) is 0 Å². The van der Waals surface area contributed by atoms with E-state index in [4.69, 9.17) is 15.0 Å². The zero-order valence-corrected chi connectivity index (χ0v) is 42.3. The third-order valence-electron chi connectivity index (χ3n) is 15.3. The molecular weight excluding hydrogens is 965 g/mol. The van der Waals surface area contributed by atoms with Crippen molar-refractivity contribution in [1.82, 2.24) is 28.7 Å². The third kappa shape index (κ3) is 7.39. The molecule has 15 aromatic rings. The van der Waals surface area contributed by atoms with Crippen LogP contribution in [0.25, 0.3) is 139 Å². The number of nitrogens with zero attached hydrogens (tertiary/aromatic N) is 8. The molecule has 0 atom stereocenters. The van der Waals surface area contributed by atoms with Gasteiger partial charge in [-0.05, 0) is 108 Å². The van der Waals surface area contributed by atoms with Crippen molar-refractivity contribution in [3.8, 4) is 85.6 Å². The second-order valence-corrected chi connectivity index (χ2v) is 19.8. The highest BCUT2D eigenvalue weighted by Gasteiger charge is 2.25. The van der Waals surface area contributed by atoms with Crippen LogP contribution in [-0.2, 0) is 0 Å². The predicted octanol–water partition coefficient (Wildman–Crippen LogP) is 17.2. The zero-order valence-electron chi connectivity index (χ0n) is 42.3. The second-order valence-electron chi connectivity index (χ2n) is 19.8. The maximum atomic E-state index is 10.5. The van der Waals surface area contributed by atoms with Gasteiger partial charge in [0.2, 0.25) is 0 Å². The lowest BCUT2D eigenvalue weighted by molar-refractivity contribution is 1.07. The molecule has 8 heteroatoms. The summed E-state index contributed by atoms with van der Waals surface area (Å²) in [5, 5.41) is 27.9.